The highest BCUT2D eigenvalue weighted by Crippen LogP contribution is 2.17. The lowest BCUT2D eigenvalue weighted by Crippen LogP contribution is -2.41. The number of hydrogen-bond acceptors (Lipinski definition) is 2. The van der Waals surface area contributed by atoms with Crippen LogP contribution in [-0.2, 0) is 9.59 Å². The SMILES string of the molecule is NC(=O)C1CCN(C(=O)C=Cc2ccccc2)CC1. The van der Waals surface area contributed by atoms with Gasteiger partial charge in [0.05, 0.1) is 0 Å². The lowest BCUT2D eigenvalue weighted by molar-refractivity contribution is -0.130. The van der Waals surface area contributed by atoms with Crippen LogP contribution in [0.15, 0.2) is 36.4 Å². The summed E-state index contributed by atoms with van der Waals surface area (Å²) in [7, 11) is 0. The van der Waals surface area contributed by atoms with E-state index in [9.17, 15) is 9.59 Å². The Morgan fingerprint density at radius 1 is 1.16 bits per heavy atom. The summed E-state index contributed by atoms with van der Waals surface area (Å²) in [5.74, 6) is -0.346. The van der Waals surface area contributed by atoms with Crippen molar-refractivity contribution in [3.05, 3.63) is 42.0 Å². The quantitative estimate of drug-likeness (QED) is 0.833. The fourth-order valence-electron chi connectivity index (χ4n) is 2.22. The Labute approximate surface area is 112 Å². The number of benzene rings is 1. The van der Waals surface area contributed by atoms with Crippen LogP contribution in [0.5, 0.6) is 0 Å². The Kier molecular flexibility index (Phi) is 4.34. The fraction of sp³-hybridized carbons (Fsp3) is 0.333. The number of nitrogens with two attached hydrogens (primary N) is 1. The number of amides is 2. The lowest BCUT2D eigenvalue weighted by Gasteiger charge is -2.29. The van der Waals surface area contributed by atoms with Gasteiger partial charge in [0.25, 0.3) is 0 Å². The van der Waals surface area contributed by atoms with Crippen molar-refractivity contribution in [2.24, 2.45) is 11.7 Å². The molecule has 1 aliphatic heterocycles. The fourth-order valence-corrected chi connectivity index (χ4v) is 2.22. The average Bonchev–Trinajstić information content (AvgIpc) is 2.46. The number of nitrogens with zero attached hydrogens (tertiary/aromatic N) is 1. The Morgan fingerprint density at radius 2 is 1.79 bits per heavy atom. The van der Waals surface area contributed by atoms with Crippen LogP contribution in [-0.4, -0.2) is 29.8 Å². The van der Waals surface area contributed by atoms with Gasteiger partial charge in [0.15, 0.2) is 0 Å². The molecule has 2 amide bonds. The number of primary amides is 1. The molecule has 0 spiro atoms. The Hall–Kier alpha value is -2.10. The van der Waals surface area contributed by atoms with Gasteiger partial charge in [-0.2, -0.15) is 0 Å². The van der Waals surface area contributed by atoms with Gasteiger partial charge >= 0.3 is 0 Å². The molecule has 4 heteroatoms. The van der Waals surface area contributed by atoms with Gasteiger partial charge in [0.1, 0.15) is 0 Å². The molecule has 1 aromatic carbocycles. The van der Waals surface area contributed by atoms with E-state index in [1.165, 1.54) is 0 Å². The highest BCUT2D eigenvalue weighted by Gasteiger charge is 2.24. The van der Waals surface area contributed by atoms with Crippen LogP contribution in [0.25, 0.3) is 6.08 Å². The zero-order valence-corrected chi connectivity index (χ0v) is 10.8. The van der Waals surface area contributed by atoms with Crippen molar-refractivity contribution in [1.82, 2.24) is 4.90 Å². The molecule has 1 saturated heterocycles. The van der Waals surface area contributed by atoms with E-state index in [0.29, 0.717) is 25.9 Å². The maximum Gasteiger partial charge on any atom is 0.246 e. The molecule has 4 nitrogen and oxygen atoms in total. The van der Waals surface area contributed by atoms with Crippen LogP contribution in [0.4, 0.5) is 0 Å². The third kappa shape index (κ3) is 3.68. The second kappa shape index (κ2) is 6.18. The van der Waals surface area contributed by atoms with Gasteiger partial charge in [0.2, 0.25) is 11.8 Å². The first-order chi connectivity index (χ1) is 9.16. The molecule has 0 saturated carbocycles. The topological polar surface area (TPSA) is 63.4 Å². The molecular weight excluding hydrogens is 240 g/mol. The summed E-state index contributed by atoms with van der Waals surface area (Å²) in [6.07, 6.45) is 4.73. The maximum absolute atomic E-state index is 12.0. The van der Waals surface area contributed by atoms with E-state index in [1.807, 2.05) is 36.4 Å². The van der Waals surface area contributed by atoms with E-state index < -0.39 is 0 Å². The minimum atomic E-state index is -0.257. The summed E-state index contributed by atoms with van der Waals surface area (Å²) in [6, 6.07) is 9.70. The minimum Gasteiger partial charge on any atom is -0.369 e. The molecular formula is C15H18N2O2. The first kappa shape index (κ1) is 13.3. The van der Waals surface area contributed by atoms with Crippen molar-refractivity contribution < 1.29 is 9.59 Å². The molecule has 2 N–H and O–H groups in total. The van der Waals surface area contributed by atoms with Gasteiger partial charge in [-0.3, -0.25) is 9.59 Å². The largest absolute Gasteiger partial charge is 0.369 e. The van der Waals surface area contributed by atoms with Crippen LogP contribution < -0.4 is 5.73 Å². The Morgan fingerprint density at radius 3 is 2.37 bits per heavy atom. The van der Waals surface area contributed by atoms with E-state index in [1.54, 1.807) is 11.0 Å². The summed E-state index contributed by atoms with van der Waals surface area (Å²) < 4.78 is 0. The molecule has 1 aromatic rings. The average molecular weight is 258 g/mol. The number of carbonyl (C=O) groups excluding carboxylic acids is 2. The first-order valence-corrected chi connectivity index (χ1v) is 6.48. The number of rotatable bonds is 3. The Balaban J connectivity index is 1.88. The third-order valence-electron chi connectivity index (χ3n) is 3.43. The molecule has 19 heavy (non-hydrogen) atoms. The van der Waals surface area contributed by atoms with Gasteiger partial charge in [0, 0.05) is 25.1 Å². The standard InChI is InChI=1S/C15H18N2O2/c16-15(19)13-8-10-17(11-9-13)14(18)7-6-12-4-2-1-3-5-12/h1-7,13H,8-11H2,(H2,16,19). The summed E-state index contributed by atoms with van der Waals surface area (Å²) in [5.41, 5.74) is 6.27. The molecule has 0 aromatic heterocycles. The van der Waals surface area contributed by atoms with Gasteiger partial charge in [-0.1, -0.05) is 30.3 Å². The van der Waals surface area contributed by atoms with E-state index in [4.69, 9.17) is 5.73 Å². The van der Waals surface area contributed by atoms with Crippen LogP contribution in [0.1, 0.15) is 18.4 Å². The molecule has 0 bridgehead atoms. The molecule has 2 rings (SSSR count). The van der Waals surface area contributed by atoms with Crippen molar-refractivity contribution in [1.29, 1.82) is 0 Å². The molecule has 0 radical (unpaired) electrons. The number of hydrogen-bond donors (Lipinski definition) is 1. The number of likely N-dealkylation sites (tertiary alicyclic amines) is 1. The zero-order valence-electron chi connectivity index (χ0n) is 10.8. The lowest BCUT2D eigenvalue weighted by atomic mass is 9.96. The predicted molar refractivity (Wildman–Crippen MR) is 74.0 cm³/mol. The molecule has 0 atom stereocenters. The molecule has 1 fully saturated rings. The van der Waals surface area contributed by atoms with Gasteiger partial charge in [-0.05, 0) is 24.5 Å². The summed E-state index contributed by atoms with van der Waals surface area (Å²) >= 11 is 0. The first-order valence-electron chi connectivity index (χ1n) is 6.48. The monoisotopic (exact) mass is 258 g/mol. The van der Waals surface area contributed by atoms with E-state index in [0.717, 1.165) is 5.56 Å². The number of carbonyl (C=O) groups is 2. The molecule has 0 unspecified atom stereocenters. The van der Waals surface area contributed by atoms with Crippen molar-refractivity contribution in [2.75, 3.05) is 13.1 Å². The minimum absolute atomic E-state index is 0.00762. The summed E-state index contributed by atoms with van der Waals surface area (Å²) in [5, 5.41) is 0. The molecule has 0 aliphatic carbocycles. The zero-order chi connectivity index (χ0) is 13.7. The summed E-state index contributed by atoms with van der Waals surface area (Å²) in [4.78, 5) is 24.8. The second-order valence-electron chi connectivity index (χ2n) is 4.75. The third-order valence-corrected chi connectivity index (χ3v) is 3.43. The van der Waals surface area contributed by atoms with Gasteiger partial charge in [-0.25, -0.2) is 0 Å². The molecule has 1 heterocycles. The van der Waals surface area contributed by atoms with Crippen molar-refractivity contribution >= 4 is 17.9 Å². The van der Waals surface area contributed by atoms with E-state index in [2.05, 4.69) is 0 Å². The molecule has 100 valence electrons. The highest BCUT2D eigenvalue weighted by atomic mass is 16.2. The van der Waals surface area contributed by atoms with Gasteiger partial charge < -0.3 is 10.6 Å². The second-order valence-corrected chi connectivity index (χ2v) is 4.75. The Bertz CT molecular complexity index is 474. The van der Waals surface area contributed by atoms with Crippen LogP contribution in [0, 0.1) is 5.92 Å². The van der Waals surface area contributed by atoms with Crippen LogP contribution in [0.2, 0.25) is 0 Å². The van der Waals surface area contributed by atoms with Crippen molar-refractivity contribution in [3.8, 4) is 0 Å². The highest BCUT2D eigenvalue weighted by molar-refractivity contribution is 5.92. The summed E-state index contributed by atoms with van der Waals surface area (Å²) in [6.45, 7) is 1.21. The predicted octanol–water partition coefficient (Wildman–Crippen LogP) is 1.42. The van der Waals surface area contributed by atoms with Crippen LogP contribution in [0.3, 0.4) is 0 Å². The van der Waals surface area contributed by atoms with Crippen molar-refractivity contribution in [3.63, 3.8) is 0 Å². The maximum atomic E-state index is 12.0. The number of piperidine rings is 1. The van der Waals surface area contributed by atoms with E-state index >= 15 is 0 Å². The van der Waals surface area contributed by atoms with Crippen LogP contribution >= 0.6 is 0 Å². The normalized spacial score (nSPS) is 16.7. The van der Waals surface area contributed by atoms with E-state index in [-0.39, 0.29) is 17.7 Å². The molecule has 1 aliphatic rings. The van der Waals surface area contributed by atoms with Gasteiger partial charge in [-0.15, -0.1) is 0 Å². The smallest absolute Gasteiger partial charge is 0.246 e. The van der Waals surface area contributed by atoms with Crippen molar-refractivity contribution in [2.45, 2.75) is 12.8 Å².